The Labute approximate surface area is 158 Å². The average molecular weight is 392 g/mol. The van der Waals surface area contributed by atoms with E-state index in [-0.39, 0.29) is 23.6 Å². The molecular formula is C19H24N2O5S. The predicted octanol–water partition coefficient (Wildman–Crippen LogP) is 1.91. The van der Waals surface area contributed by atoms with Crippen molar-refractivity contribution in [3.63, 3.8) is 0 Å². The highest BCUT2D eigenvalue weighted by molar-refractivity contribution is 7.92. The number of likely N-dealkylation sites (tertiary alicyclic amines) is 1. The molecule has 146 valence electrons. The summed E-state index contributed by atoms with van der Waals surface area (Å²) in [6, 6.07) is 3.45. The van der Waals surface area contributed by atoms with Gasteiger partial charge in [0.15, 0.2) is 9.84 Å². The monoisotopic (exact) mass is 392 g/mol. The zero-order valence-electron chi connectivity index (χ0n) is 15.5. The third-order valence-corrected chi connectivity index (χ3v) is 8.00. The van der Waals surface area contributed by atoms with Crippen LogP contribution in [0, 0.1) is 19.8 Å². The van der Waals surface area contributed by atoms with Crippen LogP contribution in [0.2, 0.25) is 0 Å². The lowest BCUT2D eigenvalue weighted by Gasteiger charge is -2.33. The minimum Gasteiger partial charge on any atom is -0.472 e. The van der Waals surface area contributed by atoms with E-state index in [0.717, 1.165) is 17.1 Å². The Hall–Kier alpha value is -2.06. The average Bonchev–Trinajstić information content (AvgIpc) is 3.32. The number of furan rings is 2. The molecule has 2 aliphatic heterocycles. The first-order valence-electron chi connectivity index (χ1n) is 9.16. The summed E-state index contributed by atoms with van der Waals surface area (Å²) in [5.41, 5.74) is 1.55. The SMILES string of the molecule is Cc1cc(CN2C[C@@H]3[C@@H](NC(=O)c4ccoc4)CCS(=O)(=O)[C@@H]3C2)oc1C. The van der Waals surface area contributed by atoms with Crippen LogP contribution < -0.4 is 5.32 Å². The van der Waals surface area contributed by atoms with E-state index < -0.39 is 15.1 Å². The summed E-state index contributed by atoms with van der Waals surface area (Å²) in [6.07, 6.45) is 3.29. The van der Waals surface area contributed by atoms with Crippen LogP contribution in [0.15, 0.2) is 33.5 Å². The van der Waals surface area contributed by atoms with Gasteiger partial charge in [0.25, 0.3) is 5.91 Å². The van der Waals surface area contributed by atoms with Gasteiger partial charge in [-0.1, -0.05) is 0 Å². The second kappa shape index (κ2) is 6.83. The number of nitrogens with zero attached hydrogens (tertiary/aromatic N) is 1. The van der Waals surface area contributed by atoms with Crippen molar-refractivity contribution in [3.8, 4) is 0 Å². The van der Waals surface area contributed by atoms with Gasteiger partial charge in [-0.05, 0) is 38.0 Å². The molecule has 8 heteroatoms. The molecule has 4 rings (SSSR count). The Bertz CT molecular complexity index is 912. The third kappa shape index (κ3) is 3.55. The number of carbonyl (C=O) groups excluding carboxylic acids is 1. The molecule has 1 N–H and O–H groups in total. The summed E-state index contributed by atoms with van der Waals surface area (Å²) in [6.45, 7) is 5.61. The molecule has 4 heterocycles. The summed E-state index contributed by atoms with van der Waals surface area (Å²) >= 11 is 0. The normalized spacial score (nSPS) is 27.4. The molecule has 0 unspecified atom stereocenters. The van der Waals surface area contributed by atoms with E-state index in [9.17, 15) is 13.2 Å². The molecule has 0 saturated carbocycles. The van der Waals surface area contributed by atoms with Gasteiger partial charge in [-0.2, -0.15) is 0 Å². The maximum Gasteiger partial charge on any atom is 0.254 e. The first-order chi connectivity index (χ1) is 12.8. The highest BCUT2D eigenvalue weighted by atomic mass is 32.2. The number of sulfone groups is 1. The molecule has 0 aliphatic carbocycles. The van der Waals surface area contributed by atoms with Gasteiger partial charge in [-0.3, -0.25) is 9.69 Å². The van der Waals surface area contributed by atoms with Crippen LogP contribution in [-0.2, 0) is 16.4 Å². The first kappa shape index (κ1) is 18.3. The summed E-state index contributed by atoms with van der Waals surface area (Å²) in [5, 5.41) is 2.57. The number of aryl methyl sites for hydroxylation is 2. The quantitative estimate of drug-likeness (QED) is 0.854. The minimum absolute atomic E-state index is 0.108. The molecule has 2 fully saturated rings. The molecule has 3 atom stereocenters. The molecule has 1 amide bonds. The number of hydrogen-bond acceptors (Lipinski definition) is 6. The number of nitrogens with one attached hydrogen (secondary N) is 1. The molecule has 2 aliphatic rings. The van der Waals surface area contributed by atoms with Crippen LogP contribution >= 0.6 is 0 Å². The van der Waals surface area contributed by atoms with Gasteiger partial charge in [0.1, 0.15) is 17.8 Å². The van der Waals surface area contributed by atoms with Crippen LogP contribution in [0.5, 0.6) is 0 Å². The molecule has 27 heavy (non-hydrogen) atoms. The Morgan fingerprint density at radius 2 is 2.15 bits per heavy atom. The molecule has 0 bridgehead atoms. The Morgan fingerprint density at radius 1 is 1.33 bits per heavy atom. The van der Waals surface area contributed by atoms with E-state index in [1.807, 2.05) is 19.9 Å². The molecule has 2 aromatic rings. The van der Waals surface area contributed by atoms with Crippen molar-refractivity contribution < 1.29 is 22.0 Å². The first-order valence-corrected chi connectivity index (χ1v) is 10.9. The fourth-order valence-electron chi connectivity index (χ4n) is 4.20. The van der Waals surface area contributed by atoms with E-state index in [0.29, 0.717) is 31.6 Å². The standard InChI is InChI=1S/C19H24N2O5S/c1-12-7-15(26-13(12)2)8-21-9-16-17(4-6-27(23,24)18(16)10-21)20-19(22)14-3-5-25-11-14/h3,5,7,11,16-18H,4,6,8-10H2,1-2H3,(H,20,22)/t16-,17+,18-/m1/s1. The van der Waals surface area contributed by atoms with Gasteiger partial charge >= 0.3 is 0 Å². The zero-order chi connectivity index (χ0) is 19.2. The fourth-order valence-corrected chi connectivity index (χ4v) is 6.34. The van der Waals surface area contributed by atoms with Crippen molar-refractivity contribution in [2.24, 2.45) is 5.92 Å². The van der Waals surface area contributed by atoms with Crippen LogP contribution in [0.3, 0.4) is 0 Å². The van der Waals surface area contributed by atoms with Gasteiger partial charge in [-0.25, -0.2) is 8.42 Å². The van der Waals surface area contributed by atoms with Crippen LogP contribution in [0.25, 0.3) is 0 Å². The third-order valence-electron chi connectivity index (χ3n) is 5.77. The highest BCUT2D eigenvalue weighted by Crippen LogP contribution is 2.34. The second-order valence-corrected chi connectivity index (χ2v) is 9.94. The summed E-state index contributed by atoms with van der Waals surface area (Å²) in [7, 11) is -3.15. The van der Waals surface area contributed by atoms with Gasteiger partial charge < -0.3 is 14.2 Å². The van der Waals surface area contributed by atoms with Gasteiger partial charge in [0, 0.05) is 25.0 Å². The molecule has 7 nitrogen and oxygen atoms in total. The summed E-state index contributed by atoms with van der Waals surface area (Å²) in [4.78, 5) is 14.5. The second-order valence-electron chi connectivity index (χ2n) is 7.60. The Kier molecular flexibility index (Phi) is 4.63. The van der Waals surface area contributed by atoms with E-state index >= 15 is 0 Å². The van der Waals surface area contributed by atoms with E-state index in [4.69, 9.17) is 8.83 Å². The topological polar surface area (TPSA) is 92.8 Å². The lowest BCUT2D eigenvalue weighted by Crippen LogP contribution is -2.51. The van der Waals surface area contributed by atoms with Gasteiger partial charge in [0.05, 0.1) is 29.4 Å². The highest BCUT2D eigenvalue weighted by Gasteiger charge is 2.48. The number of amides is 1. The summed E-state index contributed by atoms with van der Waals surface area (Å²) in [5.74, 6) is 1.51. The Morgan fingerprint density at radius 3 is 2.81 bits per heavy atom. The van der Waals surface area contributed by atoms with Crippen molar-refractivity contribution >= 4 is 15.7 Å². The lowest BCUT2D eigenvalue weighted by molar-refractivity contribution is 0.0918. The van der Waals surface area contributed by atoms with E-state index in [1.165, 1.54) is 12.5 Å². The Balaban J connectivity index is 1.49. The number of hydrogen-bond donors (Lipinski definition) is 1. The molecule has 0 radical (unpaired) electrons. The lowest BCUT2D eigenvalue weighted by atomic mass is 9.95. The van der Waals surface area contributed by atoms with Crippen molar-refractivity contribution in [3.05, 3.63) is 47.3 Å². The number of fused-ring (bicyclic) bond motifs is 1. The molecule has 0 aromatic carbocycles. The number of carbonyl (C=O) groups is 1. The summed E-state index contributed by atoms with van der Waals surface area (Å²) < 4.78 is 35.9. The van der Waals surface area contributed by atoms with Crippen LogP contribution in [-0.4, -0.2) is 49.4 Å². The predicted molar refractivity (Wildman–Crippen MR) is 99.1 cm³/mol. The molecule has 0 spiro atoms. The fraction of sp³-hybridized carbons (Fsp3) is 0.526. The van der Waals surface area contributed by atoms with E-state index in [2.05, 4.69) is 10.2 Å². The molecule has 2 aromatic heterocycles. The van der Waals surface area contributed by atoms with Crippen LogP contribution in [0.4, 0.5) is 0 Å². The smallest absolute Gasteiger partial charge is 0.254 e. The molecular weight excluding hydrogens is 368 g/mol. The maximum atomic E-state index is 12.6. The van der Waals surface area contributed by atoms with Crippen molar-refractivity contribution in [2.45, 2.75) is 38.1 Å². The molecule has 2 saturated heterocycles. The van der Waals surface area contributed by atoms with Gasteiger partial charge in [0.2, 0.25) is 0 Å². The van der Waals surface area contributed by atoms with Gasteiger partial charge in [-0.15, -0.1) is 0 Å². The van der Waals surface area contributed by atoms with E-state index in [1.54, 1.807) is 6.07 Å². The van der Waals surface area contributed by atoms with Crippen molar-refractivity contribution in [2.75, 3.05) is 18.8 Å². The largest absolute Gasteiger partial charge is 0.472 e. The maximum absolute atomic E-state index is 12.6. The number of rotatable bonds is 4. The van der Waals surface area contributed by atoms with Crippen LogP contribution in [0.1, 0.15) is 33.9 Å². The minimum atomic E-state index is -3.15. The zero-order valence-corrected chi connectivity index (χ0v) is 16.3. The van der Waals surface area contributed by atoms with Crippen molar-refractivity contribution in [1.29, 1.82) is 0 Å². The van der Waals surface area contributed by atoms with Crippen molar-refractivity contribution in [1.82, 2.24) is 10.2 Å².